The molecule has 0 unspecified atom stereocenters. The van der Waals surface area contributed by atoms with Crippen LogP contribution < -0.4 is 0 Å². The van der Waals surface area contributed by atoms with Crippen molar-refractivity contribution in [2.24, 2.45) is 5.41 Å². The second-order valence-electron chi connectivity index (χ2n) is 6.40. The summed E-state index contributed by atoms with van der Waals surface area (Å²) in [5, 5.41) is 0. The van der Waals surface area contributed by atoms with Crippen molar-refractivity contribution in [3.05, 3.63) is 0 Å². The zero-order chi connectivity index (χ0) is 11.8. The van der Waals surface area contributed by atoms with E-state index in [1.165, 1.54) is 32.1 Å². The number of carbonyl (C=O) groups excluding carboxylic acids is 1. The van der Waals surface area contributed by atoms with Crippen LogP contribution in [0.2, 0.25) is 0 Å². The van der Waals surface area contributed by atoms with Gasteiger partial charge in [-0.05, 0) is 33.6 Å². The Morgan fingerprint density at radius 1 is 1.12 bits per heavy atom. The second kappa shape index (κ2) is 3.94. The van der Waals surface area contributed by atoms with Crippen molar-refractivity contribution in [3.8, 4) is 0 Å². The smallest absolute Gasteiger partial charge is 0.410 e. The van der Waals surface area contributed by atoms with E-state index >= 15 is 0 Å². The first-order valence-corrected chi connectivity index (χ1v) is 6.38. The summed E-state index contributed by atoms with van der Waals surface area (Å²) in [4.78, 5) is 13.6. The van der Waals surface area contributed by atoms with Crippen LogP contribution in [0.4, 0.5) is 4.79 Å². The molecule has 3 heteroatoms. The fraction of sp³-hybridized carbons (Fsp3) is 0.923. The van der Waals surface area contributed by atoms with Gasteiger partial charge < -0.3 is 9.64 Å². The molecule has 1 heterocycles. The Hall–Kier alpha value is -0.730. The van der Waals surface area contributed by atoms with Crippen molar-refractivity contribution in [2.75, 3.05) is 13.1 Å². The maximum Gasteiger partial charge on any atom is 0.410 e. The predicted octanol–water partition coefficient (Wildman–Crippen LogP) is 3.19. The van der Waals surface area contributed by atoms with Crippen LogP contribution >= 0.6 is 0 Å². The fourth-order valence-corrected chi connectivity index (χ4v) is 2.84. The Kier molecular flexibility index (Phi) is 2.89. The lowest BCUT2D eigenvalue weighted by Crippen LogP contribution is -2.59. The molecule has 92 valence electrons. The molecule has 0 N–H and O–H groups in total. The molecule has 1 aliphatic heterocycles. The number of amides is 1. The highest BCUT2D eigenvalue weighted by atomic mass is 16.6. The maximum atomic E-state index is 11.8. The molecule has 0 radical (unpaired) electrons. The van der Waals surface area contributed by atoms with Gasteiger partial charge >= 0.3 is 6.09 Å². The molecule has 2 rings (SSSR count). The van der Waals surface area contributed by atoms with Crippen LogP contribution in [-0.2, 0) is 4.74 Å². The van der Waals surface area contributed by atoms with Crippen LogP contribution in [0.1, 0.15) is 52.9 Å². The summed E-state index contributed by atoms with van der Waals surface area (Å²) in [6, 6.07) is 0. The third kappa shape index (κ3) is 2.50. The molecule has 1 spiro atoms. The van der Waals surface area contributed by atoms with Crippen molar-refractivity contribution >= 4 is 6.09 Å². The largest absolute Gasteiger partial charge is 0.444 e. The van der Waals surface area contributed by atoms with Crippen molar-refractivity contribution in [1.82, 2.24) is 4.90 Å². The highest BCUT2D eigenvalue weighted by molar-refractivity contribution is 5.69. The topological polar surface area (TPSA) is 29.5 Å². The molecule has 1 aliphatic carbocycles. The summed E-state index contributed by atoms with van der Waals surface area (Å²) in [5.74, 6) is 0. The van der Waals surface area contributed by atoms with Gasteiger partial charge in [-0.1, -0.05) is 19.3 Å². The molecule has 0 aromatic rings. The summed E-state index contributed by atoms with van der Waals surface area (Å²) in [6.45, 7) is 7.59. The van der Waals surface area contributed by atoms with Crippen LogP contribution in [-0.4, -0.2) is 29.7 Å². The molecule has 3 nitrogen and oxygen atoms in total. The summed E-state index contributed by atoms with van der Waals surface area (Å²) in [5.41, 5.74) is 0.0849. The zero-order valence-corrected chi connectivity index (χ0v) is 10.7. The van der Waals surface area contributed by atoms with E-state index in [0.29, 0.717) is 5.41 Å². The molecule has 2 fully saturated rings. The van der Waals surface area contributed by atoms with Gasteiger partial charge in [-0.25, -0.2) is 4.79 Å². The van der Waals surface area contributed by atoms with Gasteiger partial charge in [-0.15, -0.1) is 0 Å². The predicted molar refractivity (Wildman–Crippen MR) is 63.3 cm³/mol. The Morgan fingerprint density at radius 2 is 1.69 bits per heavy atom. The molecular formula is C13H23NO2. The van der Waals surface area contributed by atoms with Gasteiger partial charge in [0, 0.05) is 18.5 Å². The number of hydrogen-bond acceptors (Lipinski definition) is 2. The number of ether oxygens (including phenoxy) is 1. The lowest BCUT2D eigenvalue weighted by molar-refractivity contribution is -0.0485. The number of rotatable bonds is 0. The first-order chi connectivity index (χ1) is 7.40. The van der Waals surface area contributed by atoms with Crippen LogP contribution in [0.5, 0.6) is 0 Å². The highest BCUT2D eigenvalue weighted by Crippen LogP contribution is 2.44. The van der Waals surface area contributed by atoms with E-state index in [4.69, 9.17) is 4.74 Å². The molecule has 0 aromatic heterocycles. The van der Waals surface area contributed by atoms with Gasteiger partial charge in [0.15, 0.2) is 0 Å². The van der Waals surface area contributed by atoms with Gasteiger partial charge in [-0.3, -0.25) is 0 Å². The van der Waals surface area contributed by atoms with Crippen molar-refractivity contribution in [2.45, 2.75) is 58.5 Å². The van der Waals surface area contributed by atoms with Gasteiger partial charge in [0.1, 0.15) is 5.60 Å². The van der Waals surface area contributed by atoms with E-state index in [1.807, 2.05) is 25.7 Å². The van der Waals surface area contributed by atoms with Crippen LogP contribution in [0.15, 0.2) is 0 Å². The molecular weight excluding hydrogens is 202 g/mol. The van der Waals surface area contributed by atoms with E-state index in [2.05, 4.69) is 0 Å². The lowest BCUT2D eigenvalue weighted by Gasteiger charge is -2.52. The molecule has 0 atom stereocenters. The van der Waals surface area contributed by atoms with Gasteiger partial charge in [-0.2, -0.15) is 0 Å². The van der Waals surface area contributed by atoms with Crippen LogP contribution in [0, 0.1) is 5.41 Å². The van der Waals surface area contributed by atoms with Crippen LogP contribution in [0.25, 0.3) is 0 Å². The highest BCUT2D eigenvalue weighted by Gasteiger charge is 2.46. The minimum Gasteiger partial charge on any atom is -0.444 e. The maximum absolute atomic E-state index is 11.8. The fourth-order valence-electron chi connectivity index (χ4n) is 2.84. The Morgan fingerprint density at radius 3 is 2.19 bits per heavy atom. The molecule has 1 saturated heterocycles. The van der Waals surface area contributed by atoms with Gasteiger partial charge in [0.25, 0.3) is 0 Å². The third-order valence-electron chi connectivity index (χ3n) is 3.62. The standard InChI is InChI=1S/C13H23NO2/c1-12(2,3)16-11(15)14-9-13(10-14)7-5-4-6-8-13/h4-10H2,1-3H3. The quantitative estimate of drug-likeness (QED) is 0.633. The summed E-state index contributed by atoms with van der Waals surface area (Å²) in [6.07, 6.45) is 6.50. The first kappa shape index (κ1) is 11.7. The number of nitrogens with zero attached hydrogens (tertiary/aromatic N) is 1. The average Bonchev–Trinajstić information content (AvgIpc) is 2.12. The van der Waals surface area contributed by atoms with Crippen molar-refractivity contribution < 1.29 is 9.53 Å². The zero-order valence-electron chi connectivity index (χ0n) is 10.7. The molecule has 1 amide bonds. The minimum absolute atomic E-state index is 0.135. The SMILES string of the molecule is CC(C)(C)OC(=O)N1CC2(CCCCC2)C1. The van der Waals surface area contributed by atoms with E-state index in [9.17, 15) is 4.79 Å². The third-order valence-corrected chi connectivity index (χ3v) is 3.62. The minimum atomic E-state index is -0.369. The van der Waals surface area contributed by atoms with E-state index in [1.54, 1.807) is 0 Å². The molecule has 0 aromatic carbocycles. The van der Waals surface area contributed by atoms with E-state index in [0.717, 1.165) is 13.1 Å². The number of carbonyl (C=O) groups is 1. The molecule has 1 saturated carbocycles. The van der Waals surface area contributed by atoms with Crippen LogP contribution in [0.3, 0.4) is 0 Å². The van der Waals surface area contributed by atoms with Gasteiger partial charge in [0.05, 0.1) is 0 Å². The first-order valence-electron chi connectivity index (χ1n) is 6.38. The molecule has 2 aliphatic rings. The molecule has 0 bridgehead atoms. The Labute approximate surface area is 98.1 Å². The summed E-state index contributed by atoms with van der Waals surface area (Å²) >= 11 is 0. The van der Waals surface area contributed by atoms with Crippen molar-refractivity contribution in [1.29, 1.82) is 0 Å². The number of hydrogen-bond donors (Lipinski definition) is 0. The Balaban J connectivity index is 1.81. The van der Waals surface area contributed by atoms with Crippen molar-refractivity contribution in [3.63, 3.8) is 0 Å². The van der Waals surface area contributed by atoms with E-state index < -0.39 is 0 Å². The summed E-state index contributed by atoms with van der Waals surface area (Å²) < 4.78 is 5.36. The normalized spacial score (nSPS) is 24.1. The van der Waals surface area contributed by atoms with Gasteiger partial charge in [0.2, 0.25) is 0 Å². The second-order valence-corrected chi connectivity index (χ2v) is 6.40. The van der Waals surface area contributed by atoms with E-state index in [-0.39, 0.29) is 11.7 Å². The Bertz CT molecular complexity index is 266. The summed E-state index contributed by atoms with van der Waals surface area (Å²) in [7, 11) is 0. The molecule has 16 heavy (non-hydrogen) atoms. The monoisotopic (exact) mass is 225 g/mol. The number of likely N-dealkylation sites (tertiary alicyclic amines) is 1. The average molecular weight is 225 g/mol. The lowest BCUT2D eigenvalue weighted by atomic mass is 9.69.